The molecule has 1 saturated heterocycles. The van der Waals surface area contributed by atoms with Crippen LogP contribution in [0.5, 0.6) is 0 Å². The molecule has 0 radical (unpaired) electrons. The van der Waals surface area contributed by atoms with Crippen molar-refractivity contribution in [2.45, 2.75) is 37.1 Å². The largest absolute Gasteiger partial charge is 0.416 e. The minimum atomic E-state index is -4.67. The predicted octanol–water partition coefficient (Wildman–Crippen LogP) is 2.38. The molecule has 0 aromatic heterocycles. The SMILES string of the molecule is CCOC1CCC(=O)N1S(=O)(=O)c1cccc(C(F)(F)F)c1. The summed E-state index contributed by atoms with van der Waals surface area (Å²) in [5.41, 5.74) is -1.09. The lowest BCUT2D eigenvalue weighted by Gasteiger charge is -2.24. The molecule has 0 aliphatic carbocycles. The summed E-state index contributed by atoms with van der Waals surface area (Å²) < 4.78 is 68.8. The summed E-state index contributed by atoms with van der Waals surface area (Å²) in [5, 5.41) is 0. The topological polar surface area (TPSA) is 63.7 Å². The first-order chi connectivity index (χ1) is 10.2. The second kappa shape index (κ2) is 5.88. The van der Waals surface area contributed by atoms with Crippen LogP contribution >= 0.6 is 0 Å². The fourth-order valence-electron chi connectivity index (χ4n) is 2.21. The predicted molar refractivity (Wildman–Crippen MR) is 70.1 cm³/mol. The van der Waals surface area contributed by atoms with Crippen molar-refractivity contribution in [3.63, 3.8) is 0 Å². The van der Waals surface area contributed by atoms with Crippen molar-refractivity contribution in [2.24, 2.45) is 0 Å². The number of hydrogen-bond acceptors (Lipinski definition) is 4. The Morgan fingerprint density at radius 3 is 2.64 bits per heavy atom. The van der Waals surface area contributed by atoms with E-state index in [1.807, 2.05) is 0 Å². The number of alkyl halides is 3. The molecule has 5 nitrogen and oxygen atoms in total. The van der Waals surface area contributed by atoms with Gasteiger partial charge >= 0.3 is 6.18 Å². The van der Waals surface area contributed by atoms with Crippen LogP contribution in [-0.4, -0.2) is 31.5 Å². The average molecular weight is 337 g/mol. The molecule has 0 bridgehead atoms. The van der Waals surface area contributed by atoms with E-state index < -0.39 is 38.8 Å². The van der Waals surface area contributed by atoms with Crippen LogP contribution < -0.4 is 0 Å². The van der Waals surface area contributed by atoms with Gasteiger partial charge in [-0.2, -0.15) is 13.2 Å². The van der Waals surface area contributed by atoms with E-state index >= 15 is 0 Å². The Bertz CT molecular complexity index is 672. The molecule has 0 N–H and O–H groups in total. The lowest BCUT2D eigenvalue weighted by atomic mass is 10.2. The standard InChI is InChI=1S/C13H14F3NO4S/c1-2-21-12-7-6-11(18)17(12)22(19,20)10-5-3-4-9(8-10)13(14,15)16/h3-5,8,12H,2,6-7H2,1H3. The van der Waals surface area contributed by atoms with Gasteiger partial charge in [0.25, 0.3) is 10.0 Å². The summed E-state index contributed by atoms with van der Waals surface area (Å²) in [7, 11) is -4.38. The van der Waals surface area contributed by atoms with E-state index in [2.05, 4.69) is 0 Å². The number of benzene rings is 1. The number of halogens is 3. The van der Waals surface area contributed by atoms with Crippen molar-refractivity contribution < 1.29 is 31.1 Å². The lowest BCUT2D eigenvalue weighted by Crippen LogP contribution is -2.40. The smallest absolute Gasteiger partial charge is 0.357 e. The highest BCUT2D eigenvalue weighted by Gasteiger charge is 2.42. The van der Waals surface area contributed by atoms with Gasteiger partial charge in [0, 0.05) is 19.4 Å². The van der Waals surface area contributed by atoms with E-state index in [1.165, 1.54) is 0 Å². The summed E-state index contributed by atoms with van der Waals surface area (Å²) in [6.07, 6.45) is -5.48. The van der Waals surface area contributed by atoms with Gasteiger partial charge < -0.3 is 4.74 Å². The van der Waals surface area contributed by atoms with Crippen molar-refractivity contribution in [1.29, 1.82) is 0 Å². The monoisotopic (exact) mass is 337 g/mol. The van der Waals surface area contributed by atoms with Crippen molar-refractivity contribution in [3.8, 4) is 0 Å². The first-order valence-corrected chi connectivity index (χ1v) is 7.98. The van der Waals surface area contributed by atoms with Crippen LogP contribution in [0.4, 0.5) is 13.2 Å². The number of sulfonamides is 1. The van der Waals surface area contributed by atoms with Gasteiger partial charge in [0.05, 0.1) is 10.5 Å². The second-order valence-electron chi connectivity index (χ2n) is 4.67. The molecule has 1 aliphatic rings. The fraction of sp³-hybridized carbons (Fsp3) is 0.462. The third kappa shape index (κ3) is 3.09. The van der Waals surface area contributed by atoms with Crippen LogP contribution in [0.1, 0.15) is 25.3 Å². The third-order valence-corrected chi connectivity index (χ3v) is 5.00. The van der Waals surface area contributed by atoms with E-state index in [4.69, 9.17) is 4.74 Å². The molecular formula is C13H14F3NO4S. The zero-order valence-corrected chi connectivity index (χ0v) is 12.4. The van der Waals surface area contributed by atoms with Gasteiger partial charge in [-0.25, -0.2) is 12.7 Å². The molecule has 1 fully saturated rings. The van der Waals surface area contributed by atoms with E-state index in [-0.39, 0.29) is 19.4 Å². The molecule has 22 heavy (non-hydrogen) atoms. The second-order valence-corrected chi connectivity index (χ2v) is 6.48. The molecule has 0 spiro atoms. The highest BCUT2D eigenvalue weighted by Crippen LogP contribution is 2.33. The maximum absolute atomic E-state index is 12.7. The van der Waals surface area contributed by atoms with Gasteiger partial charge in [-0.1, -0.05) is 6.07 Å². The molecule has 1 heterocycles. The highest BCUT2D eigenvalue weighted by atomic mass is 32.2. The molecule has 1 atom stereocenters. The summed E-state index contributed by atoms with van der Waals surface area (Å²) in [6.45, 7) is 1.82. The summed E-state index contributed by atoms with van der Waals surface area (Å²) in [5.74, 6) is -0.684. The number of amides is 1. The molecular weight excluding hydrogens is 323 g/mol. The Balaban J connectivity index is 2.44. The third-order valence-electron chi connectivity index (χ3n) is 3.19. The average Bonchev–Trinajstić information content (AvgIpc) is 2.80. The van der Waals surface area contributed by atoms with Gasteiger partial charge in [0.2, 0.25) is 5.91 Å². The molecule has 0 saturated carbocycles. The van der Waals surface area contributed by atoms with Crippen LogP contribution in [0.2, 0.25) is 0 Å². The minimum absolute atomic E-state index is 0.0249. The van der Waals surface area contributed by atoms with Gasteiger partial charge in [0.15, 0.2) is 0 Å². The zero-order valence-electron chi connectivity index (χ0n) is 11.6. The molecule has 2 rings (SSSR count). The number of nitrogens with zero attached hydrogens (tertiary/aromatic N) is 1. The van der Waals surface area contributed by atoms with Crippen LogP contribution in [0.25, 0.3) is 0 Å². The highest BCUT2D eigenvalue weighted by molar-refractivity contribution is 7.89. The van der Waals surface area contributed by atoms with Gasteiger partial charge in [-0.05, 0) is 25.1 Å². The number of rotatable bonds is 4. The van der Waals surface area contributed by atoms with Crippen molar-refractivity contribution in [3.05, 3.63) is 29.8 Å². The van der Waals surface area contributed by atoms with Crippen LogP contribution in [0.3, 0.4) is 0 Å². The first-order valence-electron chi connectivity index (χ1n) is 6.54. The Kier molecular flexibility index (Phi) is 4.48. The molecule has 1 aliphatic heterocycles. The van der Waals surface area contributed by atoms with E-state index in [1.54, 1.807) is 6.92 Å². The molecule has 1 aromatic carbocycles. The minimum Gasteiger partial charge on any atom is -0.357 e. The van der Waals surface area contributed by atoms with Gasteiger partial charge in [0.1, 0.15) is 6.23 Å². The molecule has 1 amide bonds. The maximum Gasteiger partial charge on any atom is 0.416 e. The zero-order chi connectivity index (χ0) is 16.5. The molecule has 9 heteroatoms. The van der Waals surface area contributed by atoms with Crippen LogP contribution in [0.15, 0.2) is 29.2 Å². The number of hydrogen-bond donors (Lipinski definition) is 0. The Morgan fingerprint density at radius 2 is 2.05 bits per heavy atom. The molecule has 1 aromatic rings. The fourth-order valence-corrected chi connectivity index (χ4v) is 3.80. The van der Waals surface area contributed by atoms with E-state index in [9.17, 15) is 26.4 Å². The Morgan fingerprint density at radius 1 is 1.36 bits per heavy atom. The summed E-state index contributed by atoms with van der Waals surface area (Å²) in [4.78, 5) is 11.2. The summed E-state index contributed by atoms with van der Waals surface area (Å²) in [6, 6.07) is 3.31. The number of carbonyl (C=O) groups is 1. The van der Waals surface area contributed by atoms with Crippen molar-refractivity contribution in [1.82, 2.24) is 4.31 Å². The maximum atomic E-state index is 12.7. The van der Waals surface area contributed by atoms with Gasteiger partial charge in [-0.15, -0.1) is 0 Å². The summed E-state index contributed by atoms with van der Waals surface area (Å²) >= 11 is 0. The Labute approximate surface area is 125 Å². The molecule has 122 valence electrons. The number of ether oxygens (including phenoxy) is 1. The normalized spacial score (nSPS) is 19.7. The first kappa shape index (κ1) is 16.8. The van der Waals surface area contributed by atoms with E-state index in [0.29, 0.717) is 10.4 Å². The van der Waals surface area contributed by atoms with Crippen molar-refractivity contribution in [2.75, 3.05) is 6.61 Å². The van der Waals surface area contributed by atoms with Crippen LogP contribution in [-0.2, 0) is 25.7 Å². The Hall–Kier alpha value is -1.61. The lowest BCUT2D eigenvalue weighted by molar-refractivity contribution is -0.137. The van der Waals surface area contributed by atoms with Crippen molar-refractivity contribution >= 4 is 15.9 Å². The quantitative estimate of drug-likeness (QED) is 0.846. The number of carbonyl (C=O) groups excluding carboxylic acids is 1. The van der Waals surface area contributed by atoms with E-state index in [0.717, 1.165) is 18.2 Å². The molecule has 1 unspecified atom stereocenters. The van der Waals surface area contributed by atoms with Gasteiger partial charge in [-0.3, -0.25) is 4.79 Å². The van der Waals surface area contributed by atoms with Crippen LogP contribution in [0, 0.1) is 0 Å².